The van der Waals surface area contributed by atoms with Crippen LogP contribution in [0.3, 0.4) is 0 Å². The number of halogens is 1. The van der Waals surface area contributed by atoms with Crippen molar-refractivity contribution >= 4 is 33.1 Å². The number of esters is 1. The Bertz CT molecular complexity index is 762. The molecule has 3 rings (SSSR count). The third-order valence-electron chi connectivity index (χ3n) is 3.60. The van der Waals surface area contributed by atoms with Crippen molar-refractivity contribution in [2.24, 2.45) is 0 Å². The van der Waals surface area contributed by atoms with Crippen LogP contribution in [0.25, 0.3) is 0 Å². The molecule has 2 unspecified atom stereocenters. The fraction of sp³-hybridized carbons (Fsp3) is 0.235. The van der Waals surface area contributed by atoms with Crippen molar-refractivity contribution in [3.63, 3.8) is 0 Å². The lowest BCUT2D eigenvalue weighted by Crippen LogP contribution is -2.13. The van der Waals surface area contributed by atoms with Crippen molar-refractivity contribution in [3.05, 3.63) is 46.4 Å². The van der Waals surface area contributed by atoms with Gasteiger partial charge >= 0.3 is 5.97 Å². The normalized spacial score (nSPS) is 16.8. The van der Waals surface area contributed by atoms with Crippen molar-refractivity contribution in [3.8, 4) is 11.5 Å². The van der Waals surface area contributed by atoms with Crippen LogP contribution in [0.5, 0.6) is 11.5 Å². The molecule has 0 spiro atoms. The molecule has 120 valence electrons. The predicted molar refractivity (Wildman–Crippen MR) is 90.4 cm³/mol. The highest BCUT2D eigenvalue weighted by molar-refractivity contribution is 9.10. The van der Waals surface area contributed by atoms with E-state index in [-0.39, 0.29) is 11.9 Å². The van der Waals surface area contributed by atoms with E-state index in [9.17, 15) is 9.35 Å². The van der Waals surface area contributed by atoms with Crippen molar-refractivity contribution in [2.45, 2.75) is 29.6 Å². The molecule has 1 aliphatic heterocycles. The smallest absolute Gasteiger partial charge is 0.302 e. The van der Waals surface area contributed by atoms with Gasteiger partial charge < -0.3 is 14.0 Å². The SMILES string of the molecule is CC(=O)OCC(C)c1ccc2c(c1)[S+]([O-])c1cc(Br)ccc1O2. The molecule has 1 heterocycles. The lowest BCUT2D eigenvalue weighted by molar-refractivity contribution is -0.141. The molecule has 23 heavy (non-hydrogen) atoms. The second kappa shape index (κ2) is 6.55. The molecule has 0 N–H and O–H groups in total. The monoisotopic (exact) mass is 394 g/mol. The highest BCUT2D eigenvalue weighted by Crippen LogP contribution is 2.44. The molecule has 1 aliphatic rings. The molecule has 0 saturated heterocycles. The number of rotatable bonds is 3. The first-order valence-electron chi connectivity index (χ1n) is 7.12. The molecule has 2 atom stereocenters. The number of benzene rings is 2. The number of fused-ring (bicyclic) bond motifs is 2. The molecule has 4 nitrogen and oxygen atoms in total. The molecule has 2 aromatic rings. The molecular weight excluding hydrogens is 380 g/mol. The van der Waals surface area contributed by atoms with E-state index in [1.54, 1.807) is 6.07 Å². The fourth-order valence-electron chi connectivity index (χ4n) is 2.35. The molecule has 0 radical (unpaired) electrons. The van der Waals surface area contributed by atoms with Crippen molar-refractivity contribution in [1.82, 2.24) is 0 Å². The van der Waals surface area contributed by atoms with Gasteiger partial charge in [0.2, 0.25) is 9.79 Å². The van der Waals surface area contributed by atoms with Gasteiger partial charge in [-0.2, -0.15) is 0 Å². The van der Waals surface area contributed by atoms with Gasteiger partial charge in [0, 0.05) is 40.6 Å². The van der Waals surface area contributed by atoms with Gasteiger partial charge in [0.15, 0.2) is 11.5 Å². The number of carbonyl (C=O) groups excluding carboxylic acids is 1. The Balaban J connectivity index is 1.91. The minimum Gasteiger partial charge on any atom is -0.606 e. The first-order valence-corrected chi connectivity index (χ1v) is 9.06. The Morgan fingerprint density at radius 2 is 1.91 bits per heavy atom. The Kier molecular flexibility index (Phi) is 4.66. The summed E-state index contributed by atoms with van der Waals surface area (Å²) in [5.41, 5.74) is 0.959. The largest absolute Gasteiger partial charge is 0.606 e. The molecule has 0 bridgehead atoms. The van der Waals surface area contributed by atoms with Gasteiger partial charge in [-0.25, -0.2) is 0 Å². The van der Waals surface area contributed by atoms with E-state index in [0.717, 1.165) is 10.0 Å². The lowest BCUT2D eigenvalue weighted by atomic mass is 10.0. The van der Waals surface area contributed by atoms with E-state index >= 15 is 0 Å². The minimum atomic E-state index is -1.30. The van der Waals surface area contributed by atoms with Crippen LogP contribution in [0.15, 0.2) is 50.7 Å². The summed E-state index contributed by atoms with van der Waals surface area (Å²) in [6, 6.07) is 11.1. The van der Waals surface area contributed by atoms with Crippen LogP contribution in [0.1, 0.15) is 25.3 Å². The zero-order valence-electron chi connectivity index (χ0n) is 12.7. The van der Waals surface area contributed by atoms with Crippen molar-refractivity contribution < 1.29 is 18.8 Å². The molecule has 0 amide bonds. The van der Waals surface area contributed by atoms with Gasteiger partial charge in [0.1, 0.15) is 0 Å². The van der Waals surface area contributed by atoms with E-state index in [1.807, 2.05) is 37.3 Å². The third kappa shape index (κ3) is 3.39. The van der Waals surface area contributed by atoms with Gasteiger partial charge in [-0.1, -0.05) is 28.9 Å². The highest BCUT2D eigenvalue weighted by Gasteiger charge is 2.31. The molecule has 0 aliphatic carbocycles. The first-order chi connectivity index (χ1) is 11.0. The van der Waals surface area contributed by atoms with Gasteiger partial charge in [0.25, 0.3) is 0 Å². The lowest BCUT2D eigenvalue weighted by Gasteiger charge is -2.23. The van der Waals surface area contributed by atoms with Gasteiger partial charge in [-0.3, -0.25) is 4.79 Å². The van der Waals surface area contributed by atoms with Gasteiger partial charge in [0.05, 0.1) is 6.61 Å². The summed E-state index contributed by atoms with van der Waals surface area (Å²) in [5.74, 6) is 0.923. The van der Waals surface area contributed by atoms with Crippen LogP contribution < -0.4 is 4.74 Å². The zero-order valence-corrected chi connectivity index (χ0v) is 15.1. The van der Waals surface area contributed by atoms with E-state index in [4.69, 9.17) is 9.47 Å². The second-order valence-electron chi connectivity index (χ2n) is 5.37. The van der Waals surface area contributed by atoms with Crippen LogP contribution in [0.2, 0.25) is 0 Å². The van der Waals surface area contributed by atoms with Crippen molar-refractivity contribution in [2.75, 3.05) is 6.61 Å². The third-order valence-corrected chi connectivity index (χ3v) is 5.53. The Morgan fingerprint density at radius 3 is 2.61 bits per heavy atom. The second-order valence-corrected chi connectivity index (χ2v) is 7.70. The Labute approximate surface area is 146 Å². The van der Waals surface area contributed by atoms with E-state index < -0.39 is 11.2 Å². The average Bonchev–Trinajstić information content (AvgIpc) is 2.53. The number of hydrogen-bond donors (Lipinski definition) is 0. The summed E-state index contributed by atoms with van der Waals surface area (Å²) in [4.78, 5) is 12.2. The average molecular weight is 395 g/mol. The highest BCUT2D eigenvalue weighted by atomic mass is 79.9. The summed E-state index contributed by atoms with van der Waals surface area (Å²) in [6.07, 6.45) is 0. The quantitative estimate of drug-likeness (QED) is 0.572. The van der Waals surface area contributed by atoms with Crippen LogP contribution >= 0.6 is 15.9 Å². The van der Waals surface area contributed by atoms with Gasteiger partial charge in [-0.15, -0.1) is 0 Å². The molecule has 0 fully saturated rings. The summed E-state index contributed by atoms with van der Waals surface area (Å²) in [5, 5.41) is 0. The molecule has 6 heteroatoms. The fourth-order valence-corrected chi connectivity index (χ4v) is 4.16. The zero-order chi connectivity index (χ0) is 16.6. The maximum atomic E-state index is 12.8. The summed E-state index contributed by atoms with van der Waals surface area (Å²) < 4.78 is 24.6. The maximum Gasteiger partial charge on any atom is 0.302 e. The topological polar surface area (TPSA) is 58.6 Å². The Hall–Kier alpha value is -1.50. The number of carbonyl (C=O) groups is 1. The summed E-state index contributed by atoms with van der Waals surface area (Å²) in [7, 11) is 0. The summed E-state index contributed by atoms with van der Waals surface area (Å²) in [6.45, 7) is 3.64. The maximum absolute atomic E-state index is 12.8. The number of ether oxygens (including phenoxy) is 2. The van der Waals surface area contributed by atoms with Crippen LogP contribution in [-0.4, -0.2) is 17.1 Å². The molecular formula is C17H15BrO4S. The first kappa shape index (κ1) is 16.4. The van der Waals surface area contributed by atoms with Gasteiger partial charge in [-0.05, 0) is 23.8 Å². The van der Waals surface area contributed by atoms with E-state index in [2.05, 4.69) is 15.9 Å². The molecule has 0 aromatic heterocycles. The number of hydrogen-bond acceptors (Lipinski definition) is 4. The standard InChI is InChI=1S/C17H15BrO4S/c1-10(9-21-11(2)19)12-3-5-14-16(7-12)23(20)17-8-13(18)4-6-15(17)22-14/h3-8,10H,9H2,1-2H3. The molecule has 2 aromatic carbocycles. The summed E-state index contributed by atoms with van der Waals surface area (Å²) >= 11 is 2.09. The van der Waals surface area contributed by atoms with Crippen LogP contribution in [-0.2, 0) is 20.7 Å². The van der Waals surface area contributed by atoms with Crippen LogP contribution in [0.4, 0.5) is 0 Å². The molecule has 0 saturated carbocycles. The van der Waals surface area contributed by atoms with Crippen molar-refractivity contribution in [1.29, 1.82) is 0 Å². The van der Waals surface area contributed by atoms with E-state index in [0.29, 0.717) is 27.9 Å². The van der Waals surface area contributed by atoms with E-state index in [1.165, 1.54) is 6.92 Å². The minimum absolute atomic E-state index is 0.0186. The van der Waals surface area contributed by atoms with Crippen LogP contribution in [0, 0.1) is 0 Å². The Morgan fingerprint density at radius 1 is 1.26 bits per heavy atom. The predicted octanol–water partition coefficient (Wildman–Crippen LogP) is 4.39.